The highest BCUT2D eigenvalue weighted by molar-refractivity contribution is 5.50. The largest absolute Gasteiger partial charge is 0.371 e. The summed E-state index contributed by atoms with van der Waals surface area (Å²) in [6.45, 7) is 4.24. The molecule has 0 aromatic heterocycles. The minimum Gasteiger partial charge on any atom is -0.371 e. The van der Waals surface area contributed by atoms with Crippen LogP contribution in [0.3, 0.4) is 0 Å². The van der Waals surface area contributed by atoms with E-state index in [1.54, 1.807) is 18.2 Å². The molecule has 1 rings (SSSR count). The number of hydrogen-bond donors (Lipinski definition) is 0. The van der Waals surface area contributed by atoms with E-state index < -0.39 is 5.82 Å². The third kappa shape index (κ3) is 2.11. The topological polar surface area (TPSA) is 27.0 Å². The molecule has 0 amide bonds. The highest BCUT2D eigenvalue weighted by Gasteiger charge is 2.04. The predicted molar refractivity (Wildman–Crippen MR) is 54.6 cm³/mol. The summed E-state index contributed by atoms with van der Waals surface area (Å²) in [5.41, 5.74) is 0.808. The Kier molecular flexibility index (Phi) is 3.24. The molecule has 0 atom stereocenters. The fourth-order valence-corrected chi connectivity index (χ4v) is 1.13. The number of nitrogens with zero attached hydrogens (tertiary/aromatic N) is 2. The normalized spacial score (nSPS) is 9.21. The summed E-state index contributed by atoms with van der Waals surface area (Å²) in [6.07, 6.45) is 1.73. The van der Waals surface area contributed by atoms with Crippen LogP contribution in [0.15, 0.2) is 30.9 Å². The zero-order valence-electron chi connectivity index (χ0n) is 8.00. The van der Waals surface area contributed by atoms with Crippen LogP contribution in [0.1, 0.15) is 5.56 Å². The van der Waals surface area contributed by atoms with Crippen LogP contribution in [0.4, 0.5) is 10.1 Å². The van der Waals surface area contributed by atoms with Crippen molar-refractivity contribution in [3.63, 3.8) is 0 Å². The first-order chi connectivity index (χ1) is 6.69. The fraction of sp³-hybridized carbons (Fsp3) is 0.182. The van der Waals surface area contributed by atoms with E-state index >= 15 is 0 Å². The standard InChI is InChI=1S/C11H11FN2/c1-3-6-14(2)10-5-4-9(8-13)11(12)7-10/h3-5,7H,1,6H2,2H3. The van der Waals surface area contributed by atoms with Crippen molar-refractivity contribution < 1.29 is 4.39 Å². The smallest absolute Gasteiger partial charge is 0.143 e. The molecule has 0 saturated carbocycles. The van der Waals surface area contributed by atoms with Crippen molar-refractivity contribution in [2.75, 3.05) is 18.5 Å². The number of hydrogen-bond acceptors (Lipinski definition) is 2. The van der Waals surface area contributed by atoms with Gasteiger partial charge in [-0.1, -0.05) is 6.08 Å². The lowest BCUT2D eigenvalue weighted by molar-refractivity contribution is 0.623. The molecule has 0 saturated heterocycles. The van der Waals surface area contributed by atoms with E-state index in [0.717, 1.165) is 5.69 Å². The average Bonchev–Trinajstić information content (AvgIpc) is 2.18. The third-order valence-electron chi connectivity index (χ3n) is 1.92. The summed E-state index contributed by atoms with van der Waals surface area (Å²) in [4.78, 5) is 1.84. The van der Waals surface area contributed by atoms with E-state index in [9.17, 15) is 4.39 Å². The highest BCUT2D eigenvalue weighted by atomic mass is 19.1. The average molecular weight is 190 g/mol. The van der Waals surface area contributed by atoms with Crippen molar-refractivity contribution in [1.82, 2.24) is 0 Å². The molecule has 0 heterocycles. The lowest BCUT2D eigenvalue weighted by Gasteiger charge is -2.16. The maximum atomic E-state index is 13.2. The molecule has 0 N–H and O–H groups in total. The van der Waals surface area contributed by atoms with Gasteiger partial charge in [0.25, 0.3) is 0 Å². The molecular formula is C11H11FN2. The summed E-state index contributed by atoms with van der Waals surface area (Å²) in [5, 5.41) is 8.53. The van der Waals surface area contributed by atoms with Gasteiger partial charge in [0.1, 0.15) is 11.9 Å². The molecule has 1 aromatic rings. The Morgan fingerprint density at radius 2 is 2.36 bits per heavy atom. The predicted octanol–water partition coefficient (Wildman–Crippen LogP) is 2.32. The molecule has 0 radical (unpaired) electrons. The van der Waals surface area contributed by atoms with Gasteiger partial charge in [0.05, 0.1) is 5.56 Å². The maximum absolute atomic E-state index is 13.2. The van der Waals surface area contributed by atoms with E-state index in [1.807, 2.05) is 11.9 Å². The number of halogens is 1. The Bertz CT molecular complexity index is 379. The van der Waals surface area contributed by atoms with Crippen LogP contribution in [0.2, 0.25) is 0 Å². The molecule has 0 aliphatic carbocycles. The van der Waals surface area contributed by atoms with Gasteiger partial charge in [-0.25, -0.2) is 4.39 Å². The fourth-order valence-electron chi connectivity index (χ4n) is 1.13. The molecule has 14 heavy (non-hydrogen) atoms. The quantitative estimate of drug-likeness (QED) is 0.684. The summed E-state index contributed by atoms with van der Waals surface area (Å²) in [7, 11) is 1.84. The van der Waals surface area contributed by atoms with Crippen LogP contribution in [-0.2, 0) is 0 Å². The minimum absolute atomic E-state index is 0.0701. The lowest BCUT2D eigenvalue weighted by atomic mass is 10.2. The monoisotopic (exact) mass is 190 g/mol. The van der Waals surface area contributed by atoms with E-state index in [2.05, 4.69) is 6.58 Å². The highest BCUT2D eigenvalue weighted by Crippen LogP contribution is 2.16. The van der Waals surface area contributed by atoms with Crippen molar-refractivity contribution in [2.45, 2.75) is 0 Å². The van der Waals surface area contributed by atoms with Gasteiger partial charge in [0.15, 0.2) is 0 Å². The van der Waals surface area contributed by atoms with Crippen LogP contribution < -0.4 is 4.90 Å². The second kappa shape index (κ2) is 4.43. The summed E-state index contributed by atoms with van der Waals surface area (Å²) in [6, 6.07) is 6.32. The van der Waals surface area contributed by atoms with Gasteiger partial charge in [-0.2, -0.15) is 5.26 Å². The molecule has 0 spiro atoms. The van der Waals surface area contributed by atoms with Crippen molar-refractivity contribution in [3.8, 4) is 6.07 Å². The van der Waals surface area contributed by atoms with Gasteiger partial charge >= 0.3 is 0 Å². The first kappa shape index (κ1) is 10.3. The van der Waals surface area contributed by atoms with Gasteiger partial charge in [0, 0.05) is 19.3 Å². The molecule has 0 unspecified atom stereocenters. The summed E-state index contributed by atoms with van der Waals surface area (Å²) >= 11 is 0. The van der Waals surface area contributed by atoms with Gasteiger partial charge < -0.3 is 4.90 Å². The second-order valence-corrected chi connectivity index (χ2v) is 2.95. The SMILES string of the molecule is C=CCN(C)c1ccc(C#N)c(F)c1. The van der Waals surface area contributed by atoms with Crippen molar-refractivity contribution in [2.24, 2.45) is 0 Å². The van der Waals surface area contributed by atoms with Gasteiger partial charge in [-0.15, -0.1) is 6.58 Å². The molecule has 0 fully saturated rings. The molecule has 0 aliphatic rings. The van der Waals surface area contributed by atoms with Crippen LogP contribution in [0, 0.1) is 17.1 Å². The van der Waals surface area contributed by atoms with Crippen LogP contribution >= 0.6 is 0 Å². The first-order valence-electron chi connectivity index (χ1n) is 4.20. The Morgan fingerprint density at radius 3 is 2.86 bits per heavy atom. The van der Waals surface area contributed by atoms with E-state index in [-0.39, 0.29) is 5.56 Å². The molecule has 72 valence electrons. The van der Waals surface area contributed by atoms with Crippen molar-refractivity contribution in [3.05, 3.63) is 42.2 Å². The summed E-state index contributed by atoms with van der Waals surface area (Å²) < 4.78 is 13.2. The zero-order chi connectivity index (χ0) is 10.6. The molecule has 2 nitrogen and oxygen atoms in total. The molecule has 0 bridgehead atoms. The number of nitriles is 1. The Hall–Kier alpha value is -1.82. The van der Waals surface area contributed by atoms with Crippen molar-refractivity contribution >= 4 is 5.69 Å². The van der Waals surface area contributed by atoms with Crippen LogP contribution in [0.25, 0.3) is 0 Å². The van der Waals surface area contributed by atoms with E-state index in [0.29, 0.717) is 6.54 Å². The number of rotatable bonds is 3. The number of anilines is 1. The Labute approximate surface area is 82.9 Å². The van der Waals surface area contributed by atoms with Gasteiger partial charge in [-0.3, -0.25) is 0 Å². The number of likely N-dealkylation sites (N-methyl/N-ethyl adjacent to an activating group) is 1. The first-order valence-corrected chi connectivity index (χ1v) is 4.20. The van der Waals surface area contributed by atoms with E-state index in [4.69, 9.17) is 5.26 Å². The van der Waals surface area contributed by atoms with Crippen molar-refractivity contribution in [1.29, 1.82) is 5.26 Å². The summed E-state index contributed by atoms with van der Waals surface area (Å²) in [5.74, 6) is -0.485. The second-order valence-electron chi connectivity index (χ2n) is 2.95. The third-order valence-corrected chi connectivity index (χ3v) is 1.92. The Balaban J connectivity index is 2.97. The molecule has 3 heteroatoms. The maximum Gasteiger partial charge on any atom is 0.143 e. The number of benzene rings is 1. The van der Waals surface area contributed by atoms with E-state index in [1.165, 1.54) is 12.1 Å². The van der Waals surface area contributed by atoms with Crippen LogP contribution in [-0.4, -0.2) is 13.6 Å². The molecular weight excluding hydrogens is 179 g/mol. The molecule has 1 aromatic carbocycles. The van der Waals surface area contributed by atoms with Crippen LogP contribution in [0.5, 0.6) is 0 Å². The van der Waals surface area contributed by atoms with Gasteiger partial charge in [0.2, 0.25) is 0 Å². The van der Waals surface area contributed by atoms with Gasteiger partial charge in [-0.05, 0) is 18.2 Å². The lowest BCUT2D eigenvalue weighted by Crippen LogP contribution is -2.16. The zero-order valence-corrected chi connectivity index (χ0v) is 8.00. The minimum atomic E-state index is -0.485. The Morgan fingerprint density at radius 1 is 1.64 bits per heavy atom. The molecule has 0 aliphatic heterocycles.